The van der Waals surface area contributed by atoms with Crippen molar-refractivity contribution in [2.75, 3.05) is 30.8 Å². The highest BCUT2D eigenvalue weighted by atomic mass is 32.2. The maximum absolute atomic E-state index is 13.4. The third kappa shape index (κ3) is 7.99. The first-order chi connectivity index (χ1) is 16.6. The summed E-state index contributed by atoms with van der Waals surface area (Å²) in [4.78, 5) is 27.7. The van der Waals surface area contributed by atoms with Crippen LogP contribution >= 0.6 is 0 Å². The molecule has 0 unspecified atom stereocenters. The van der Waals surface area contributed by atoms with Gasteiger partial charge < -0.3 is 15.0 Å². The van der Waals surface area contributed by atoms with Crippen molar-refractivity contribution >= 4 is 27.5 Å². The van der Waals surface area contributed by atoms with E-state index in [4.69, 9.17) is 4.74 Å². The van der Waals surface area contributed by atoms with Crippen LogP contribution in [0.5, 0.6) is 5.75 Å². The molecule has 0 bridgehead atoms. The Morgan fingerprint density at radius 2 is 1.80 bits per heavy atom. The third-order valence-corrected chi connectivity index (χ3v) is 6.86. The highest BCUT2D eigenvalue weighted by Crippen LogP contribution is 2.29. The fourth-order valence-corrected chi connectivity index (χ4v) is 5.01. The van der Waals surface area contributed by atoms with Crippen LogP contribution in [0.15, 0.2) is 48.5 Å². The number of carbonyl (C=O) groups excluding carboxylic acids is 2. The predicted molar refractivity (Wildman–Crippen MR) is 139 cm³/mol. The van der Waals surface area contributed by atoms with Crippen molar-refractivity contribution < 1.29 is 22.7 Å². The number of para-hydroxylation sites is 2. The molecule has 0 saturated carbocycles. The van der Waals surface area contributed by atoms with E-state index in [2.05, 4.69) is 5.32 Å². The van der Waals surface area contributed by atoms with Crippen LogP contribution in [0, 0.1) is 6.92 Å². The molecule has 0 spiro atoms. The molecule has 0 fully saturated rings. The van der Waals surface area contributed by atoms with Gasteiger partial charge in [-0.05, 0) is 44.4 Å². The summed E-state index contributed by atoms with van der Waals surface area (Å²) in [5.74, 6) is 0.0495. The van der Waals surface area contributed by atoms with Gasteiger partial charge >= 0.3 is 0 Å². The normalized spacial score (nSPS) is 12.0. The molecule has 2 amide bonds. The highest BCUT2D eigenvalue weighted by molar-refractivity contribution is 7.92. The van der Waals surface area contributed by atoms with Gasteiger partial charge in [0.25, 0.3) is 0 Å². The Morgan fingerprint density at radius 3 is 2.40 bits per heavy atom. The summed E-state index contributed by atoms with van der Waals surface area (Å²) in [5.41, 5.74) is 2.43. The molecule has 0 heterocycles. The minimum atomic E-state index is -3.60. The maximum atomic E-state index is 13.4. The Kier molecular flexibility index (Phi) is 10.6. The first kappa shape index (κ1) is 28.2. The molecule has 1 N–H and O–H groups in total. The van der Waals surface area contributed by atoms with Crippen molar-refractivity contribution in [1.82, 2.24) is 10.2 Å². The SMILES string of the molecule is CCNC(=O)[C@@H](CC)N(Cc1cccc(C)c1)C(=O)CCCN(c1ccccc1OC)S(C)(=O)=O. The lowest BCUT2D eigenvalue weighted by Crippen LogP contribution is -2.49. The fourth-order valence-electron chi connectivity index (χ4n) is 4.04. The third-order valence-electron chi connectivity index (χ3n) is 5.68. The van der Waals surface area contributed by atoms with E-state index in [9.17, 15) is 18.0 Å². The molecular formula is C26H37N3O5S. The van der Waals surface area contributed by atoms with Gasteiger partial charge in [0.05, 0.1) is 19.1 Å². The van der Waals surface area contributed by atoms with Crippen LogP contribution < -0.4 is 14.4 Å². The minimum Gasteiger partial charge on any atom is -0.495 e. The van der Waals surface area contributed by atoms with Crippen LogP contribution in [-0.4, -0.2) is 57.6 Å². The topological polar surface area (TPSA) is 96.0 Å². The number of nitrogens with one attached hydrogen (secondary N) is 1. The highest BCUT2D eigenvalue weighted by Gasteiger charge is 2.29. The summed E-state index contributed by atoms with van der Waals surface area (Å²) in [5, 5.41) is 2.82. The number of methoxy groups -OCH3 is 1. The fraction of sp³-hybridized carbons (Fsp3) is 0.462. The van der Waals surface area contributed by atoms with Crippen molar-refractivity contribution in [3.05, 3.63) is 59.7 Å². The Labute approximate surface area is 209 Å². The zero-order valence-electron chi connectivity index (χ0n) is 21.3. The first-order valence-corrected chi connectivity index (χ1v) is 13.7. The molecule has 0 aliphatic rings. The van der Waals surface area contributed by atoms with Crippen LogP contribution in [0.1, 0.15) is 44.2 Å². The van der Waals surface area contributed by atoms with Crippen molar-refractivity contribution in [3.63, 3.8) is 0 Å². The quantitative estimate of drug-likeness (QED) is 0.451. The molecule has 0 aliphatic carbocycles. The van der Waals surface area contributed by atoms with E-state index in [1.54, 1.807) is 29.2 Å². The van der Waals surface area contributed by atoms with Crippen molar-refractivity contribution in [3.8, 4) is 5.75 Å². The molecule has 192 valence electrons. The summed E-state index contributed by atoms with van der Waals surface area (Å²) < 4.78 is 31.6. The second-order valence-electron chi connectivity index (χ2n) is 8.44. The molecule has 0 aliphatic heterocycles. The van der Waals surface area contributed by atoms with Gasteiger partial charge in [-0.3, -0.25) is 13.9 Å². The van der Waals surface area contributed by atoms with Gasteiger partial charge in [0.15, 0.2) is 0 Å². The number of rotatable bonds is 13. The number of sulfonamides is 1. The number of ether oxygens (including phenoxy) is 1. The monoisotopic (exact) mass is 503 g/mol. The molecule has 0 saturated heterocycles. The Balaban J connectivity index is 2.23. The zero-order valence-corrected chi connectivity index (χ0v) is 22.1. The second-order valence-corrected chi connectivity index (χ2v) is 10.3. The molecule has 35 heavy (non-hydrogen) atoms. The van der Waals surface area contributed by atoms with Crippen LogP contribution in [0.25, 0.3) is 0 Å². The van der Waals surface area contributed by atoms with Crippen LogP contribution in [0.3, 0.4) is 0 Å². The van der Waals surface area contributed by atoms with Crippen LogP contribution in [0.4, 0.5) is 5.69 Å². The van der Waals surface area contributed by atoms with Gasteiger partial charge in [-0.1, -0.05) is 48.9 Å². The number of aryl methyl sites for hydroxylation is 1. The van der Waals surface area contributed by atoms with E-state index in [0.29, 0.717) is 37.4 Å². The number of anilines is 1. The predicted octanol–water partition coefficient (Wildman–Crippen LogP) is 3.49. The van der Waals surface area contributed by atoms with Gasteiger partial charge in [-0.25, -0.2) is 8.42 Å². The molecule has 2 aromatic rings. The van der Waals surface area contributed by atoms with E-state index in [-0.39, 0.29) is 24.8 Å². The summed E-state index contributed by atoms with van der Waals surface area (Å²) in [7, 11) is -2.12. The number of carbonyl (C=O) groups is 2. The molecule has 9 heteroatoms. The standard InChI is InChI=1S/C26H37N3O5S/c1-6-22(26(31)27-7-2)28(19-21-13-10-12-20(3)18-21)25(30)16-11-17-29(35(5,32)33)23-14-8-9-15-24(23)34-4/h8-10,12-15,18,22H,6-7,11,16-17,19H2,1-5H3,(H,27,31)/t22-/m1/s1. The average molecular weight is 504 g/mol. The Bertz CT molecular complexity index is 1100. The maximum Gasteiger partial charge on any atom is 0.242 e. The van der Waals surface area contributed by atoms with Crippen LogP contribution in [-0.2, 0) is 26.2 Å². The molecule has 2 aromatic carbocycles. The first-order valence-electron chi connectivity index (χ1n) is 11.9. The van der Waals surface area contributed by atoms with Gasteiger partial charge in [0.1, 0.15) is 11.8 Å². The summed E-state index contributed by atoms with van der Waals surface area (Å²) >= 11 is 0. The minimum absolute atomic E-state index is 0.100. The molecule has 2 rings (SSSR count). The lowest BCUT2D eigenvalue weighted by Gasteiger charge is -2.31. The number of hydrogen-bond donors (Lipinski definition) is 1. The zero-order chi connectivity index (χ0) is 26.0. The molecule has 0 aromatic heterocycles. The summed E-state index contributed by atoms with van der Waals surface area (Å²) in [6.07, 6.45) is 2.00. The largest absolute Gasteiger partial charge is 0.495 e. The van der Waals surface area contributed by atoms with Crippen molar-refractivity contribution in [2.24, 2.45) is 0 Å². The van der Waals surface area contributed by atoms with E-state index in [1.165, 1.54) is 11.4 Å². The molecule has 1 atom stereocenters. The van der Waals surface area contributed by atoms with E-state index in [0.717, 1.165) is 17.4 Å². The molecule has 8 nitrogen and oxygen atoms in total. The average Bonchev–Trinajstić information content (AvgIpc) is 2.81. The number of nitrogens with zero attached hydrogens (tertiary/aromatic N) is 2. The molecule has 0 radical (unpaired) electrons. The molecular weight excluding hydrogens is 466 g/mol. The summed E-state index contributed by atoms with van der Waals surface area (Å²) in [6.45, 7) is 6.59. The van der Waals surface area contributed by atoms with E-state index >= 15 is 0 Å². The number of likely N-dealkylation sites (N-methyl/N-ethyl adjacent to an activating group) is 1. The van der Waals surface area contributed by atoms with Crippen molar-refractivity contribution in [2.45, 2.75) is 52.6 Å². The van der Waals surface area contributed by atoms with Gasteiger partial charge in [-0.15, -0.1) is 0 Å². The second kappa shape index (κ2) is 13.1. The number of amides is 2. The van der Waals surface area contributed by atoms with Crippen LogP contribution in [0.2, 0.25) is 0 Å². The Morgan fingerprint density at radius 1 is 1.09 bits per heavy atom. The number of hydrogen-bond acceptors (Lipinski definition) is 5. The summed E-state index contributed by atoms with van der Waals surface area (Å²) in [6, 6.07) is 14.1. The smallest absolute Gasteiger partial charge is 0.242 e. The number of benzene rings is 2. The van der Waals surface area contributed by atoms with Gasteiger partial charge in [0.2, 0.25) is 21.8 Å². The Hall–Kier alpha value is -3.07. The van der Waals surface area contributed by atoms with Crippen molar-refractivity contribution in [1.29, 1.82) is 0 Å². The van der Waals surface area contributed by atoms with Gasteiger partial charge in [0, 0.05) is 26.1 Å². The van der Waals surface area contributed by atoms with Gasteiger partial charge in [-0.2, -0.15) is 0 Å². The van der Waals surface area contributed by atoms with E-state index in [1.807, 2.05) is 45.0 Å². The lowest BCUT2D eigenvalue weighted by atomic mass is 10.1. The lowest BCUT2D eigenvalue weighted by molar-refractivity contribution is -0.141. The van der Waals surface area contributed by atoms with E-state index < -0.39 is 16.1 Å².